The summed E-state index contributed by atoms with van der Waals surface area (Å²) in [6.07, 6.45) is -0.0323. The number of hydrogen-bond acceptors (Lipinski definition) is 5. The Morgan fingerprint density at radius 2 is 2.29 bits per heavy atom. The van der Waals surface area contributed by atoms with Gasteiger partial charge >= 0.3 is 5.69 Å². The third kappa shape index (κ3) is 2.48. The molecule has 6 nitrogen and oxygen atoms in total. The van der Waals surface area contributed by atoms with E-state index in [0.717, 1.165) is 0 Å². The van der Waals surface area contributed by atoms with E-state index in [9.17, 15) is 10.1 Å². The van der Waals surface area contributed by atoms with Gasteiger partial charge in [0.05, 0.1) is 20.1 Å². The van der Waals surface area contributed by atoms with Crippen LogP contribution < -0.4 is 10.1 Å². The van der Waals surface area contributed by atoms with E-state index in [2.05, 4.69) is 5.32 Å². The maximum atomic E-state index is 10.9. The molecule has 1 heterocycles. The molecule has 0 spiro atoms. The minimum atomic E-state index is -0.523. The Balaban J connectivity index is 2.40. The second kappa shape index (κ2) is 4.85. The van der Waals surface area contributed by atoms with E-state index in [0.29, 0.717) is 16.7 Å². The summed E-state index contributed by atoms with van der Waals surface area (Å²) in [6, 6.07) is 4.71. The molecule has 2 rings (SSSR count). The Morgan fingerprint density at radius 3 is 2.76 bits per heavy atom. The molecule has 0 aliphatic carbocycles. The van der Waals surface area contributed by atoms with Crippen LogP contribution in [0.2, 0.25) is 0 Å². The summed E-state index contributed by atoms with van der Waals surface area (Å²) in [4.78, 5) is 10.4. The van der Waals surface area contributed by atoms with Crippen molar-refractivity contribution in [3.8, 4) is 11.8 Å². The van der Waals surface area contributed by atoms with Gasteiger partial charge in [-0.05, 0) is 28.7 Å². The third-order valence-electron chi connectivity index (χ3n) is 2.38. The molecule has 0 amide bonds. The molecule has 1 aromatic rings. The predicted octanol–water partition coefficient (Wildman–Crippen LogP) is 1.42. The van der Waals surface area contributed by atoms with Gasteiger partial charge in [-0.2, -0.15) is 5.26 Å². The number of hydrogen-bond donors (Lipinski definition) is 1. The summed E-state index contributed by atoms with van der Waals surface area (Å²) in [5, 5.41) is 22.7. The van der Waals surface area contributed by atoms with Gasteiger partial charge < -0.3 is 10.1 Å². The molecule has 0 radical (unpaired) electrons. The molecule has 0 bridgehead atoms. The molecule has 0 aromatic heterocycles. The highest BCUT2D eigenvalue weighted by molar-refractivity contribution is 14.1. The lowest BCUT2D eigenvalue weighted by molar-refractivity contribution is -0.386. The van der Waals surface area contributed by atoms with Crippen molar-refractivity contribution in [3.63, 3.8) is 0 Å². The highest BCUT2D eigenvalue weighted by atomic mass is 127. The van der Waals surface area contributed by atoms with Gasteiger partial charge in [-0.25, -0.2) is 0 Å². The van der Waals surface area contributed by atoms with Crippen molar-refractivity contribution in [1.82, 2.24) is 5.32 Å². The Labute approximate surface area is 111 Å². The minimum absolute atomic E-state index is 0.0323. The van der Waals surface area contributed by atoms with Gasteiger partial charge in [-0.3, -0.25) is 10.1 Å². The molecule has 0 saturated carbocycles. The van der Waals surface area contributed by atoms with Gasteiger partial charge in [-0.1, -0.05) is 0 Å². The molecule has 0 unspecified atom stereocenters. The average molecular weight is 345 g/mol. The summed E-state index contributed by atoms with van der Waals surface area (Å²) in [6.45, 7) is 1.38. The van der Waals surface area contributed by atoms with Crippen LogP contribution in [0, 0.1) is 25.0 Å². The van der Waals surface area contributed by atoms with E-state index < -0.39 is 4.92 Å². The zero-order chi connectivity index (χ0) is 12.4. The lowest BCUT2D eigenvalue weighted by Crippen LogP contribution is -2.50. The number of nitro groups is 1. The van der Waals surface area contributed by atoms with Gasteiger partial charge in [0.25, 0.3) is 0 Å². The molecule has 88 valence electrons. The molecule has 1 aliphatic heterocycles. The monoisotopic (exact) mass is 345 g/mol. The standard InChI is InChI=1S/C10H8IN3O3/c11-8-1-6(3-12)2-9(14(15)16)10(8)17-7-4-13-5-7/h1-2,7,13H,4-5H2. The molecule has 1 fully saturated rings. The molecule has 1 aliphatic rings. The smallest absolute Gasteiger partial charge is 0.313 e. The summed E-state index contributed by atoms with van der Waals surface area (Å²) >= 11 is 1.94. The molecule has 7 heteroatoms. The highest BCUT2D eigenvalue weighted by Gasteiger charge is 2.26. The fourth-order valence-electron chi connectivity index (χ4n) is 1.41. The summed E-state index contributed by atoms with van der Waals surface area (Å²) in [5.41, 5.74) is 0.112. The van der Waals surface area contributed by atoms with Crippen LogP contribution in [0.3, 0.4) is 0 Å². The largest absolute Gasteiger partial charge is 0.480 e. The quantitative estimate of drug-likeness (QED) is 0.509. The molecular formula is C10H8IN3O3. The van der Waals surface area contributed by atoms with E-state index in [1.165, 1.54) is 6.07 Å². The number of nitrogens with one attached hydrogen (secondary N) is 1. The van der Waals surface area contributed by atoms with Crippen LogP contribution in [0.1, 0.15) is 5.56 Å². The van der Waals surface area contributed by atoms with Gasteiger partial charge in [0.1, 0.15) is 6.10 Å². The van der Waals surface area contributed by atoms with Crippen molar-refractivity contribution in [1.29, 1.82) is 5.26 Å². The molecule has 1 saturated heterocycles. The van der Waals surface area contributed by atoms with Crippen molar-refractivity contribution >= 4 is 28.3 Å². The topological polar surface area (TPSA) is 88.2 Å². The van der Waals surface area contributed by atoms with Crippen LogP contribution in [0.15, 0.2) is 12.1 Å². The zero-order valence-corrected chi connectivity index (χ0v) is 10.8. The Kier molecular flexibility index (Phi) is 3.44. The third-order valence-corrected chi connectivity index (χ3v) is 3.18. The van der Waals surface area contributed by atoms with Crippen molar-refractivity contribution in [2.75, 3.05) is 13.1 Å². The number of nitriles is 1. The lowest BCUT2D eigenvalue weighted by Gasteiger charge is -2.28. The van der Waals surface area contributed by atoms with Crippen LogP contribution in [0.4, 0.5) is 5.69 Å². The first-order valence-electron chi connectivity index (χ1n) is 4.87. The average Bonchev–Trinajstić information content (AvgIpc) is 2.23. The number of benzene rings is 1. The normalized spacial score (nSPS) is 14.8. The van der Waals surface area contributed by atoms with E-state index in [4.69, 9.17) is 10.00 Å². The molecule has 1 aromatic carbocycles. The van der Waals surface area contributed by atoms with E-state index in [1.807, 2.05) is 28.7 Å². The molecular weight excluding hydrogens is 337 g/mol. The summed E-state index contributed by atoms with van der Waals surface area (Å²) < 4.78 is 6.14. The molecule has 17 heavy (non-hydrogen) atoms. The fraction of sp³-hybridized carbons (Fsp3) is 0.300. The first-order valence-corrected chi connectivity index (χ1v) is 5.95. The van der Waals surface area contributed by atoms with E-state index in [-0.39, 0.29) is 23.1 Å². The van der Waals surface area contributed by atoms with Crippen molar-refractivity contribution in [3.05, 3.63) is 31.4 Å². The number of nitrogens with zero attached hydrogens (tertiary/aromatic N) is 2. The second-order valence-corrected chi connectivity index (χ2v) is 4.74. The van der Waals surface area contributed by atoms with Gasteiger partial charge in [0.2, 0.25) is 5.75 Å². The zero-order valence-electron chi connectivity index (χ0n) is 8.64. The first kappa shape index (κ1) is 12.1. The van der Waals surface area contributed by atoms with E-state index >= 15 is 0 Å². The van der Waals surface area contributed by atoms with Crippen LogP contribution in [-0.4, -0.2) is 24.1 Å². The maximum absolute atomic E-state index is 10.9. The van der Waals surface area contributed by atoms with Crippen molar-refractivity contribution in [2.45, 2.75) is 6.10 Å². The van der Waals surface area contributed by atoms with Crippen LogP contribution in [0.25, 0.3) is 0 Å². The summed E-state index contributed by atoms with van der Waals surface area (Å²) in [5.74, 6) is 0.251. The van der Waals surface area contributed by atoms with Gasteiger partial charge in [0, 0.05) is 19.2 Å². The maximum Gasteiger partial charge on any atom is 0.313 e. The van der Waals surface area contributed by atoms with Crippen LogP contribution in [-0.2, 0) is 0 Å². The SMILES string of the molecule is N#Cc1cc(I)c(OC2CNC2)c([N+](=O)[O-])c1. The highest BCUT2D eigenvalue weighted by Crippen LogP contribution is 2.34. The lowest BCUT2D eigenvalue weighted by atomic mass is 10.2. The first-order chi connectivity index (χ1) is 8.11. The number of ether oxygens (including phenoxy) is 1. The predicted molar refractivity (Wildman–Crippen MR) is 67.8 cm³/mol. The fourth-order valence-corrected chi connectivity index (χ4v) is 2.15. The van der Waals surface area contributed by atoms with E-state index in [1.54, 1.807) is 6.07 Å². The van der Waals surface area contributed by atoms with Crippen LogP contribution >= 0.6 is 22.6 Å². The number of rotatable bonds is 3. The van der Waals surface area contributed by atoms with Crippen LogP contribution in [0.5, 0.6) is 5.75 Å². The van der Waals surface area contributed by atoms with Crippen molar-refractivity contribution in [2.24, 2.45) is 0 Å². The number of halogens is 1. The number of nitro benzene ring substituents is 1. The Hall–Kier alpha value is -1.40. The summed E-state index contributed by atoms with van der Waals surface area (Å²) in [7, 11) is 0. The minimum Gasteiger partial charge on any atom is -0.480 e. The molecule has 0 atom stereocenters. The van der Waals surface area contributed by atoms with Gasteiger partial charge in [0.15, 0.2) is 0 Å². The Bertz CT molecular complexity index is 508. The molecule has 1 N–H and O–H groups in total. The van der Waals surface area contributed by atoms with Gasteiger partial charge in [-0.15, -0.1) is 0 Å². The Morgan fingerprint density at radius 1 is 1.59 bits per heavy atom. The second-order valence-electron chi connectivity index (χ2n) is 3.57. The van der Waals surface area contributed by atoms with Crippen molar-refractivity contribution < 1.29 is 9.66 Å².